The third-order valence-electron chi connectivity index (χ3n) is 11.8. The van der Waals surface area contributed by atoms with Crippen LogP contribution in [0.2, 0.25) is 0 Å². The molecule has 0 aliphatic carbocycles. The Morgan fingerprint density at radius 2 is 1.60 bits per heavy atom. The van der Waals surface area contributed by atoms with E-state index in [0.29, 0.717) is 42.5 Å². The number of carbonyl (C=O) groups is 1. The van der Waals surface area contributed by atoms with Gasteiger partial charge in [-0.25, -0.2) is 10.1 Å². The van der Waals surface area contributed by atoms with E-state index in [1.54, 1.807) is 0 Å². The fraction of sp³-hybridized carbons (Fsp3) is 0.868. The molecule has 0 amide bonds. The molecule has 0 aromatic heterocycles. The maximum atomic E-state index is 13.6. The smallest absolute Gasteiger partial charge is 0.348 e. The highest BCUT2D eigenvalue weighted by atomic mass is 32.2. The first-order valence-corrected chi connectivity index (χ1v) is 21.9. The second-order valence-corrected chi connectivity index (χ2v) is 17.7. The van der Waals surface area contributed by atoms with Crippen molar-refractivity contribution in [2.24, 2.45) is 5.73 Å². The lowest BCUT2D eigenvalue weighted by Gasteiger charge is -2.35. The van der Waals surface area contributed by atoms with Crippen LogP contribution in [0.1, 0.15) is 156 Å². The lowest BCUT2D eigenvalue weighted by atomic mass is 9.97. The summed E-state index contributed by atoms with van der Waals surface area (Å²) in [4.78, 5) is 13.6. The highest BCUT2D eigenvalue weighted by molar-refractivity contribution is 7.86. The van der Waals surface area contributed by atoms with Crippen molar-refractivity contribution in [1.82, 2.24) is 16.0 Å². The van der Waals surface area contributed by atoms with E-state index in [1.165, 1.54) is 63.7 Å². The Labute approximate surface area is 302 Å². The molecule has 0 saturated carbocycles. The number of carbonyl (C=O) groups excluding carboxylic acids is 1. The minimum absolute atomic E-state index is 0.0201. The summed E-state index contributed by atoms with van der Waals surface area (Å²) in [5, 5.41) is 10.8. The molecular weight excluding hydrogens is 653 g/mol. The lowest BCUT2D eigenvalue weighted by Crippen LogP contribution is -2.61. The number of allylic oxidation sites excluding steroid dienone is 1. The van der Waals surface area contributed by atoms with Crippen molar-refractivity contribution in [2.45, 2.75) is 205 Å². The topological polar surface area (TPSA) is 138 Å². The second kappa shape index (κ2) is 17.9. The van der Waals surface area contributed by atoms with E-state index in [9.17, 15) is 13.2 Å². The lowest BCUT2D eigenvalue weighted by molar-refractivity contribution is -0.593. The average Bonchev–Trinajstić information content (AvgIpc) is 3.64. The number of esters is 1. The summed E-state index contributed by atoms with van der Waals surface area (Å²) in [7, 11) is -3.59. The van der Waals surface area contributed by atoms with Gasteiger partial charge in [0.05, 0.1) is 54.4 Å². The largest absolute Gasteiger partial charge is 0.459 e. The minimum atomic E-state index is -3.59. The first kappa shape index (κ1) is 38.9. The number of nitrogens with two attached hydrogens (primary N) is 1. The summed E-state index contributed by atoms with van der Waals surface area (Å²) in [6.07, 6.45) is 22.0. The molecule has 0 aromatic rings. The van der Waals surface area contributed by atoms with Gasteiger partial charge in [-0.05, 0) is 72.1 Å². The van der Waals surface area contributed by atoms with E-state index in [2.05, 4.69) is 38.9 Å². The van der Waals surface area contributed by atoms with Crippen LogP contribution < -0.4 is 21.7 Å². The zero-order chi connectivity index (χ0) is 35.8. The van der Waals surface area contributed by atoms with Crippen LogP contribution in [-0.2, 0) is 23.8 Å². The summed E-state index contributed by atoms with van der Waals surface area (Å²) in [6, 6.07) is 2.38. The van der Waals surface area contributed by atoms with Crippen molar-refractivity contribution in [3.05, 3.63) is 11.3 Å². The number of unbranched alkanes of at least 4 members (excludes halogenated alkanes) is 8. The van der Waals surface area contributed by atoms with Gasteiger partial charge >= 0.3 is 17.9 Å². The van der Waals surface area contributed by atoms with Crippen LogP contribution in [-0.4, -0.2) is 90.2 Å². The van der Waals surface area contributed by atoms with Crippen LogP contribution in [0.15, 0.2) is 11.3 Å². The Bertz CT molecular complexity index is 1380. The molecule has 12 heteroatoms. The minimum Gasteiger partial charge on any atom is -0.459 e. The van der Waals surface area contributed by atoms with Crippen LogP contribution >= 0.6 is 0 Å². The van der Waals surface area contributed by atoms with Gasteiger partial charge in [-0.1, -0.05) is 64.7 Å². The number of hydrogen-bond donors (Lipinski definition) is 4. The number of fused-ring (bicyclic) bond motifs is 1. The Morgan fingerprint density at radius 3 is 2.34 bits per heavy atom. The average molecular weight is 721 g/mol. The van der Waals surface area contributed by atoms with Gasteiger partial charge in [-0.15, -0.1) is 0 Å². The summed E-state index contributed by atoms with van der Waals surface area (Å²) < 4.78 is 40.5. The molecular formula is C38H68N6O5S+2. The van der Waals surface area contributed by atoms with Gasteiger partial charge in [0.2, 0.25) is 0 Å². The van der Waals surface area contributed by atoms with Crippen molar-refractivity contribution in [3.8, 4) is 0 Å². The monoisotopic (exact) mass is 720 g/mol. The fourth-order valence-electron chi connectivity index (χ4n) is 9.47. The van der Waals surface area contributed by atoms with Gasteiger partial charge in [0.15, 0.2) is 0 Å². The van der Waals surface area contributed by atoms with Gasteiger partial charge in [0.25, 0.3) is 10.1 Å². The van der Waals surface area contributed by atoms with Gasteiger partial charge in [0.1, 0.15) is 11.6 Å². The van der Waals surface area contributed by atoms with Crippen molar-refractivity contribution in [1.29, 1.82) is 0 Å². The first-order chi connectivity index (χ1) is 23.9. The quantitative estimate of drug-likeness (QED) is 0.0585. The van der Waals surface area contributed by atoms with E-state index in [4.69, 9.17) is 14.7 Å². The fourth-order valence-corrected chi connectivity index (χ4v) is 10.1. The molecule has 0 bridgehead atoms. The van der Waals surface area contributed by atoms with Gasteiger partial charge in [0, 0.05) is 19.3 Å². The predicted molar refractivity (Wildman–Crippen MR) is 199 cm³/mol. The first-order valence-electron chi connectivity index (χ1n) is 20.1. The molecule has 2 fully saturated rings. The number of nitrogens with one attached hydrogen (secondary N) is 3. The summed E-state index contributed by atoms with van der Waals surface area (Å²) in [5.41, 5.74) is 7.88. The van der Waals surface area contributed by atoms with E-state index in [-0.39, 0.29) is 24.2 Å². The summed E-state index contributed by atoms with van der Waals surface area (Å²) in [6.45, 7) is 8.37. The molecule has 8 atom stereocenters. The Hall–Kier alpha value is -2.34. The van der Waals surface area contributed by atoms with E-state index < -0.39 is 16.2 Å². The molecule has 5 aliphatic heterocycles. The third kappa shape index (κ3) is 10.4. The molecule has 5 rings (SSSR count). The van der Waals surface area contributed by atoms with Crippen LogP contribution in [0.3, 0.4) is 0 Å². The van der Waals surface area contributed by atoms with Crippen LogP contribution in [0.25, 0.3) is 0 Å². The van der Waals surface area contributed by atoms with Crippen LogP contribution in [0, 0.1) is 0 Å². The highest BCUT2D eigenvalue weighted by Crippen LogP contribution is 2.34. The normalized spacial score (nSPS) is 28.8. The number of nitrogens with zero attached hydrogens (tertiary/aromatic N) is 2. The molecule has 0 aromatic carbocycles. The third-order valence-corrected chi connectivity index (χ3v) is 12.4. The standard InChI is InChI=1S/C38H66N6O5S/c1-6-7-8-10-15-18-33(49-50(5,46)47)25-32-21-22-34-35(28(4)41-37(39)44(32)34)36(45)48-27(3)16-13-11-9-12-14-17-29-24-31-20-19-30-23-26(2)40-38(42-29)43(30)31/h26-27,29-34H,6-25H2,1-5H3,(H3,39,40,41,42,45)/p+2/t26-,27+,29+,30+,31-,32-,33-,34-/m0/s1. The molecule has 2 saturated heterocycles. The maximum absolute atomic E-state index is 13.6. The highest BCUT2D eigenvalue weighted by Gasteiger charge is 2.46. The van der Waals surface area contributed by atoms with Crippen LogP contribution in [0.5, 0.6) is 0 Å². The van der Waals surface area contributed by atoms with Crippen molar-refractivity contribution >= 4 is 28.0 Å². The Kier molecular flexibility index (Phi) is 13.9. The Balaban J connectivity index is 1.02. The molecule has 50 heavy (non-hydrogen) atoms. The molecule has 5 N–H and O–H groups in total. The molecule has 11 nitrogen and oxygen atoms in total. The number of hydrogen-bond acceptors (Lipinski definition) is 9. The summed E-state index contributed by atoms with van der Waals surface area (Å²) >= 11 is 0. The SMILES string of the molecule is CCCCCCC[C@@H](C[C@@H]1CC[C@H]2C(C(=O)O[C@H](C)CCCCCCC[C@@H]3C[C@@H]4CC[C@@H]5C[C@H](C)NC(=[N+]54)N3)=C(C)NC(N)=[N+]12)OS(C)(=O)=O. The van der Waals surface area contributed by atoms with E-state index in [0.717, 1.165) is 75.8 Å². The molecule has 0 spiro atoms. The van der Waals surface area contributed by atoms with Crippen molar-refractivity contribution in [2.75, 3.05) is 6.26 Å². The molecule has 284 valence electrons. The number of guanidine groups is 2. The zero-order valence-electron chi connectivity index (χ0n) is 31.7. The van der Waals surface area contributed by atoms with Crippen molar-refractivity contribution in [3.63, 3.8) is 0 Å². The van der Waals surface area contributed by atoms with E-state index >= 15 is 0 Å². The molecule has 0 radical (unpaired) electrons. The maximum Gasteiger partial charge on any atom is 0.348 e. The Morgan fingerprint density at radius 1 is 0.920 bits per heavy atom. The predicted octanol–water partition coefficient (Wildman–Crippen LogP) is 5.12. The van der Waals surface area contributed by atoms with Gasteiger partial charge in [-0.3, -0.25) is 29.7 Å². The number of rotatable bonds is 20. The molecule has 5 aliphatic rings. The molecule has 0 unspecified atom stereocenters. The summed E-state index contributed by atoms with van der Waals surface area (Å²) in [5.74, 6) is 1.52. The van der Waals surface area contributed by atoms with Crippen LogP contribution in [0.4, 0.5) is 0 Å². The second-order valence-electron chi connectivity index (χ2n) is 16.1. The van der Waals surface area contributed by atoms with Crippen molar-refractivity contribution < 1.29 is 31.3 Å². The zero-order valence-corrected chi connectivity index (χ0v) is 32.5. The van der Waals surface area contributed by atoms with Gasteiger partial charge in [-0.2, -0.15) is 8.42 Å². The van der Waals surface area contributed by atoms with E-state index in [1.807, 2.05) is 13.8 Å². The van der Waals surface area contributed by atoms with Gasteiger partial charge < -0.3 is 4.74 Å². The number of ether oxygens (including phenoxy) is 1. The molecule has 5 heterocycles.